The largest absolute Gasteiger partial charge is 0.496 e. The molecule has 3 aromatic carbocycles. The number of carbonyl (C=O) groups excluding carboxylic acids is 2. The van der Waals surface area contributed by atoms with Crippen molar-refractivity contribution in [3.63, 3.8) is 0 Å². The SMILES string of the molecule is COc1cccc(ONC(C)C(=O)C2N=C(c3ccccc3)c3ccccc3N(C)C2N)c1C(C)=O. The summed E-state index contributed by atoms with van der Waals surface area (Å²) >= 11 is 0. The molecule has 3 N–H and O–H groups in total. The lowest BCUT2D eigenvalue weighted by molar-refractivity contribution is -0.124. The molecule has 36 heavy (non-hydrogen) atoms. The number of nitrogens with one attached hydrogen (secondary N) is 1. The molecule has 186 valence electrons. The number of carbonyl (C=O) groups is 2. The van der Waals surface area contributed by atoms with Gasteiger partial charge in [0.15, 0.2) is 17.3 Å². The molecule has 1 heterocycles. The van der Waals surface area contributed by atoms with Gasteiger partial charge in [0.05, 0.1) is 12.8 Å². The summed E-state index contributed by atoms with van der Waals surface area (Å²) in [5.74, 6) is 0.195. The molecule has 0 bridgehead atoms. The molecular formula is C28H30N4O4. The van der Waals surface area contributed by atoms with Crippen LogP contribution in [0.5, 0.6) is 11.5 Å². The van der Waals surface area contributed by atoms with Crippen LogP contribution in [0.4, 0.5) is 5.69 Å². The maximum atomic E-state index is 13.7. The summed E-state index contributed by atoms with van der Waals surface area (Å²) < 4.78 is 5.29. The third kappa shape index (κ3) is 4.86. The lowest BCUT2D eigenvalue weighted by Crippen LogP contribution is -2.54. The first-order valence-electron chi connectivity index (χ1n) is 11.7. The third-order valence-corrected chi connectivity index (χ3v) is 6.25. The number of ether oxygens (including phenoxy) is 1. The highest BCUT2D eigenvalue weighted by atomic mass is 16.6. The van der Waals surface area contributed by atoms with Gasteiger partial charge in [0.25, 0.3) is 0 Å². The van der Waals surface area contributed by atoms with Gasteiger partial charge in [0.1, 0.15) is 29.6 Å². The minimum absolute atomic E-state index is 0.217. The van der Waals surface area contributed by atoms with Crippen molar-refractivity contribution in [1.29, 1.82) is 0 Å². The summed E-state index contributed by atoms with van der Waals surface area (Å²) in [5, 5.41) is 0. The van der Waals surface area contributed by atoms with Crippen LogP contribution in [-0.4, -0.2) is 49.7 Å². The normalized spacial score (nSPS) is 17.9. The van der Waals surface area contributed by atoms with Crippen LogP contribution >= 0.6 is 0 Å². The molecular weight excluding hydrogens is 456 g/mol. The molecule has 3 unspecified atom stereocenters. The molecule has 0 fully saturated rings. The minimum Gasteiger partial charge on any atom is -0.496 e. The number of ketones is 2. The molecule has 0 radical (unpaired) electrons. The lowest BCUT2D eigenvalue weighted by Gasteiger charge is -2.30. The van der Waals surface area contributed by atoms with Crippen LogP contribution in [0.3, 0.4) is 0 Å². The van der Waals surface area contributed by atoms with Crippen LogP contribution in [0.1, 0.15) is 35.3 Å². The van der Waals surface area contributed by atoms with Crippen LogP contribution in [0.2, 0.25) is 0 Å². The third-order valence-electron chi connectivity index (χ3n) is 6.25. The Hall–Kier alpha value is -4.01. The average molecular weight is 487 g/mol. The van der Waals surface area contributed by atoms with Crippen molar-refractivity contribution in [1.82, 2.24) is 5.48 Å². The van der Waals surface area contributed by atoms with Crippen molar-refractivity contribution in [2.75, 3.05) is 19.1 Å². The number of aliphatic imine (C=N–C) groups is 1. The van der Waals surface area contributed by atoms with E-state index in [1.54, 1.807) is 25.1 Å². The fourth-order valence-electron chi connectivity index (χ4n) is 4.28. The Morgan fingerprint density at radius 3 is 2.36 bits per heavy atom. The highest BCUT2D eigenvalue weighted by molar-refractivity contribution is 6.17. The van der Waals surface area contributed by atoms with Crippen molar-refractivity contribution >= 4 is 23.0 Å². The van der Waals surface area contributed by atoms with Crippen molar-refractivity contribution in [3.05, 3.63) is 89.5 Å². The van der Waals surface area contributed by atoms with Gasteiger partial charge in [-0.3, -0.25) is 14.6 Å². The van der Waals surface area contributed by atoms with Gasteiger partial charge in [-0.15, -0.1) is 5.48 Å². The van der Waals surface area contributed by atoms with Gasteiger partial charge in [-0.2, -0.15) is 0 Å². The van der Waals surface area contributed by atoms with Gasteiger partial charge in [0, 0.05) is 23.9 Å². The standard InChI is InChI=1S/C28H30N4O4/c1-17(31-36-23-16-10-15-22(35-4)24(23)18(2)33)27(34)26-28(29)32(3)21-14-9-8-13-20(21)25(30-26)19-11-6-5-7-12-19/h5-17,26,28,31H,29H2,1-4H3. The first-order valence-corrected chi connectivity index (χ1v) is 11.7. The van der Waals surface area contributed by atoms with E-state index >= 15 is 0 Å². The Labute approximate surface area is 210 Å². The summed E-state index contributed by atoms with van der Waals surface area (Å²) in [6, 6.07) is 20.9. The summed E-state index contributed by atoms with van der Waals surface area (Å²) in [4.78, 5) is 38.3. The maximum absolute atomic E-state index is 13.7. The number of nitrogens with two attached hydrogens (primary N) is 1. The zero-order valence-corrected chi connectivity index (χ0v) is 20.8. The number of anilines is 1. The van der Waals surface area contributed by atoms with E-state index in [-0.39, 0.29) is 22.9 Å². The van der Waals surface area contributed by atoms with Gasteiger partial charge < -0.3 is 20.2 Å². The highest BCUT2D eigenvalue weighted by Crippen LogP contribution is 2.30. The summed E-state index contributed by atoms with van der Waals surface area (Å²) in [6.45, 7) is 3.11. The lowest BCUT2D eigenvalue weighted by atomic mass is 10.0. The minimum atomic E-state index is -0.874. The van der Waals surface area contributed by atoms with Gasteiger partial charge in [-0.25, -0.2) is 0 Å². The van der Waals surface area contributed by atoms with Crippen LogP contribution in [0, 0.1) is 0 Å². The molecule has 1 aliphatic rings. The van der Waals surface area contributed by atoms with Gasteiger partial charge >= 0.3 is 0 Å². The molecule has 8 nitrogen and oxygen atoms in total. The van der Waals surface area contributed by atoms with E-state index in [0.29, 0.717) is 11.5 Å². The molecule has 0 saturated carbocycles. The molecule has 8 heteroatoms. The predicted molar refractivity (Wildman–Crippen MR) is 140 cm³/mol. The number of hydrogen-bond donors (Lipinski definition) is 2. The second-order valence-electron chi connectivity index (χ2n) is 8.64. The second kappa shape index (κ2) is 10.7. The first kappa shape index (κ1) is 25.1. The number of hydrogen-bond acceptors (Lipinski definition) is 8. The number of nitrogens with zero attached hydrogens (tertiary/aromatic N) is 2. The molecule has 0 amide bonds. The number of methoxy groups -OCH3 is 1. The monoisotopic (exact) mass is 486 g/mol. The number of fused-ring (bicyclic) bond motifs is 1. The number of benzene rings is 3. The number of rotatable bonds is 8. The smallest absolute Gasteiger partial charge is 0.180 e. The zero-order valence-electron chi connectivity index (χ0n) is 20.8. The molecule has 0 spiro atoms. The molecule has 3 aromatic rings. The number of likely N-dealkylation sites (N-methyl/N-ethyl adjacent to an activating group) is 1. The number of para-hydroxylation sites is 1. The predicted octanol–water partition coefficient (Wildman–Crippen LogP) is 3.38. The zero-order chi connectivity index (χ0) is 25.8. The Morgan fingerprint density at radius 1 is 1.00 bits per heavy atom. The summed E-state index contributed by atoms with van der Waals surface area (Å²) in [7, 11) is 3.34. The molecule has 1 aliphatic heterocycles. The molecule has 4 rings (SSSR count). The Kier molecular flexibility index (Phi) is 7.47. The number of Topliss-reactive ketones (excluding diaryl/α,β-unsaturated/α-hetero) is 2. The summed E-state index contributed by atoms with van der Waals surface area (Å²) in [6.07, 6.45) is -0.700. The van der Waals surface area contributed by atoms with Gasteiger partial charge in [-0.05, 0) is 32.0 Å². The fraction of sp³-hybridized carbons (Fsp3) is 0.250. The van der Waals surface area contributed by atoms with Crippen LogP contribution < -0.4 is 25.7 Å². The van der Waals surface area contributed by atoms with E-state index in [2.05, 4.69) is 5.48 Å². The van der Waals surface area contributed by atoms with Crippen LogP contribution in [-0.2, 0) is 4.79 Å². The topological polar surface area (TPSA) is 106 Å². The van der Waals surface area contributed by atoms with Crippen molar-refractivity contribution in [3.8, 4) is 11.5 Å². The number of hydroxylamine groups is 1. The van der Waals surface area contributed by atoms with E-state index in [4.69, 9.17) is 20.3 Å². The molecule has 3 atom stereocenters. The van der Waals surface area contributed by atoms with Crippen molar-refractivity contribution in [2.45, 2.75) is 32.1 Å². The van der Waals surface area contributed by atoms with Crippen LogP contribution in [0.25, 0.3) is 0 Å². The molecule has 0 aliphatic carbocycles. The quantitative estimate of drug-likeness (QED) is 0.371. The Morgan fingerprint density at radius 2 is 1.67 bits per heavy atom. The van der Waals surface area contributed by atoms with E-state index in [1.807, 2.05) is 66.5 Å². The van der Waals surface area contributed by atoms with E-state index in [1.165, 1.54) is 14.0 Å². The molecule has 0 saturated heterocycles. The van der Waals surface area contributed by atoms with Crippen molar-refractivity contribution < 1.29 is 19.2 Å². The second-order valence-corrected chi connectivity index (χ2v) is 8.64. The fourth-order valence-corrected chi connectivity index (χ4v) is 4.28. The Balaban J connectivity index is 1.64. The molecule has 0 aromatic heterocycles. The highest BCUT2D eigenvalue weighted by Gasteiger charge is 2.36. The summed E-state index contributed by atoms with van der Waals surface area (Å²) in [5.41, 5.74) is 13.0. The van der Waals surface area contributed by atoms with Gasteiger partial charge in [0.2, 0.25) is 0 Å². The first-order chi connectivity index (χ1) is 17.3. The van der Waals surface area contributed by atoms with Gasteiger partial charge in [-0.1, -0.05) is 54.6 Å². The van der Waals surface area contributed by atoms with Crippen LogP contribution in [0.15, 0.2) is 77.8 Å². The van der Waals surface area contributed by atoms with E-state index in [9.17, 15) is 9.59 Å². The van der Waals surface area contributed by atoms with Crippen molar-refractivity contribution in [2.24, 2.45) is 10.7 Å². The average Bonchev–Trinajstić information content (AvgIpc) is 3.01. The van der Waals surface area contributed by atoms with E-state index < -0.39 is 18.2 Å². The number of benzodiazepines with no additional fused rings is 1. The Bertz CT molecular complexity index is 1290. The van der Waals surface area contributed by atoms with E-state index in [0.717, 1.165) is 16.8 Å². The maximum Gasteiger partial charge on any atom is 0.180 e.